The number of thioether (sulfide) groups is 1. The molecule has 0 aromatic carbocycles. The molecule has 0 spiro atoms. The Morgan fingerprint density at radius 1 is 1.32 bits per heavy atom. The number of nitrogens with one attached hydrogen (secondary N) is 2. The molecule has 1 atom stereocenters. The van der Waals surface area contributed by atoms with E-state index in [1.165, 1.54) is 50.3 Å². The Balaban J connectivity index is 1.49. The van der Waals surface area contributed by atoms with Crippen LogP contribution in [0.3, 0.4) is 0 Å². The molecule has 3 rings (SSSR count). The Morgan fingerprint density at radius 3 is 2.77 bits per heavy atom. The summed E-state index contributed by atoms with van der Waals surface area (Å²) in [6.07, 6.45) is 5.62. The molecule has 5 nitrogen and oxygen atoms in total. The van der Waals surface area contributed by atoms with Crippen LogP contribution in [0.2, 0.25) is 0 Å². The van der Waals surface area contributed by atoms with Gasteiger partial charge in [-0.15, -0.1) is 0 Å². The van der Waals surface area contributed by atoms with E-state index < -0.39 is 0 Å². The molecule has 0 aromatic rings. The molecule has 22 heavy (non-hydrogen) atoms. The Hall–Kier alpha value is -0.300. The van der Waals surface area contributed by atoms with E-state index in [0.717, 1.165) is 19.7 Å². The molecule has 1 unspecified atom stereocenters. The lowest BCUT2D eigenvalue weighted by Crippen LogP contribution is -2.57. The Kier molecular flexibility index (Phi) is 6.02. The summed E-state index contributed by atoms with van der Waals surface area (Å²) in [6, 6.07) is 0.180. The van der Waals surface area contributed by atoms with Gasteiger partial charge in [-0.25, -0.2) is 0 Å². The first-order chi connectivity index (χ1) is 10.8. The van der Waals surface area contributed by atoms with Crippen molar-refractivity contribution in [3.05, 3.63) is 0 Å². The van der Waals surface area contributed by atoms with Gasteiger partial charge in [0, 0.05) is 55.7 Å². The standard InChI is InChI=1S/C16H29N3O2S/c20-15(11-14-12-21-8-5-17-14)18-13-16(3-1-2-4-16)19-6-9-22-10-7-19/h14,17H,1-13H2,(H,18,20). The molecule has 1 aliphatic carbocycles. The maximum atomic E-state index is 12.3. The maximum Gasteiger partial charge on any atom is 0.221 e. The van der Waals surface area contributed by atoms with Gasteiger partial charge in [0.05, 0.1) is 13.2 Å². The van der Waals surface area contributed by atoms with Crippen LogP contribution in [0.15, 0.2) is 0 Å². The van der Waals surface area contributed by atoms with Gasteiger partial charge in [-0.2, -0.15) is 11.8 Å². The van der Waals surface area contributed by atoms with Crippen LogP contribution in [0.4, 0.5) is 0 Å². The molecule has 3 aliphatic rings. The van der Waals surface area contributed by atoms with Crippen molar-refractivity contribution in [2.24, 2.45) is 0 Å². The van der Waals surface area contributed by atoms with Crippen LogP contribution < -0.4 is 10.6 Å². The summed E-state index contributed by atoms with van der Waals surface area (Å²) >= 11 is 2.05. The van der Waals surface area contributed by atoms with E-state index in [9.17, 15) is 4.79 Å². The fraction of sp³-hybridized carbons (Fsp3) is 0.938. The van der Waals surface area contributed by atoms with E-state index in [-0.39, 0.29) is 17.5 Å². The number of amides is 1. The number of ether oxygens (including phenoxy) is 1. The molecule has 1 amide bonds. The predicted molar refractivity (Wildman–Crippen MR) is 90.3 cm³/mol. The van der Waals surface area contributed by atoms with Crippen LogP contribution in [-0.4, -0.2) is 73.3 Å². The van der Waals surface area contributed by atoms with Crippen LogP contribution in [0.5, 0.6) is 0 Å². The Labute approximate surface area is 137 Å². The molecule has 2 N–H and O–H groups in total. The van der Waals surface area contributed by atoms with Crippen molar-refractivity contribution in [2.45, 2.75) is 43.7 Å². The minimum absolute atomic E-state index is 0.167. The third-order valence-corrected chi connectivity index (χ3v) is 6.20. The zero-order valence-corrected chi connectivity index (χ0v) is 14.3. The molecule has 0 bridgehead atoms. The topological polar surface area (TPSA) is 53.6 Å². The SMILES string of the molecule is O=C(CC1COCCN1)NCC1(N2CCSCC2)CCCC1. The maximum absolute atomic E-state index is 12.3. The van der Waals surface area contributed by atoms with E-state index in [2.05, 4.69) is 27.3 Å². The van der Waals surface area contributed by atoms with E-state index >= 15 is 0 Å². The van der Waals surface area contributed by atoms with Gasteiger partial charge in [0.15, 0.2) is 0 Å². The lowest BCUT2D eigenvalue weighted by molar-refractivity contribution is -0.123. The van der Waals surface area contributed by atoms with Crippen LogP contribution in [0.25, 0.3) is 0 Å². The predicted octanol–water partition coefficient (Wildman–Crippen LogP) is 0.843. The Morgan fingerprint density at radius 2 is 2.09 bits per heavy atom. The van der Waals surface area contributed by atoms with Crippen molar-refractivity contribution in [3.63, 3.8) is 0 Å². The first-order valence-corrected chi connectivity index (χ1v) is 9.85. The fourth-order valence-electron chi connectivity index (χ4n) is 3.99. The van der Waals surface area contributed by atoms with Gasteiger partial charge in [0.1, 0.15) is 0 Å². The van der Waals surface area contributed by atoms with Crippen molar-refractivity contribution in [3.8, 4) is 0 Å². The molecule has 0 aromatic heterocycles. The first kappa shape index (κ1) is 16.6. The molecule has 2 heterocycles. The number of hydrogen-bond acceptors (Lipinski definition) is 5. The van der Waals surface area contributed by atoms with Gasteiger partial charge in [0.25, 0.3) is 0 Å². The summed E-state index contributed by atoms with van der Waals surface area (Å²) < 4.78 is 5.42. The zero-order valence-electron chi connectivity index (χ0n) is 13.4. The minimum Gasteiger partial charge on any atom is -0.378 e. The molecule has 0 radical (unpaired) electrons. The van der Waals surface area contributed by atoms with E-state index in [1.54, 1.807) is 0 Å². The molecular weight excluding hydrogens is 298 g/mol. The number of hydrogen-bond donors (Lipinski definition) is 2. The van der Waals surface area contributed by atoms with Gasteiger partial charge in [-0.3, -0.25) is 9.69 Å². The van der Waals surface area contributed by atoms with E-state index in [1.807, 2.05) is 0 Å². The Bertz CT molecular complexity index is 362. The lowest BCUT2D eigenvalue weighted by atomic mass is 9.94. The highest BCUT2D eigenvalue weighted by molar-refractivity contribution is 7.99. The highest BCUT2D eigenvalue weighted by Gasteiger charge is 2.40. The number of nitrogens with zero attached hydrogens (tertiary/aromatic N) is 1. The third kappa shape index (κ3) is 4.16. The molecular formula is C16H29N3O2S. The second kappa shape index (κ2) is 7.99. The van der Waals surface area contributed by atoms with Crippen LogP contribution >= 0.6 is 11.8 Å². The van der Waals surface area contributed by atoms with Crippen molar-refractivity contribution in [1.82, 2.24) is 15.5 Å². The molecule has 3 fully saturated rings. The number of carbonyl (C=O) groups is 1. The molecule has 1 saturated carbocycles. The number of rotatable bonds is 5. The van der Waals surface area contributed by atoms with E-state index in [4.69, 9.17) is 4.74 Å². The molecule has 6 heteroatoms. The monoisotopic (exact) mass is 327 g/mol. The number of carbonyl (C=O) groups excluding carboxylic acids is 1. The summed E-state index contributed by atoms with van der Waals surface area (Å²) in [5, 5.41) is 6.58. The smallest absolute Gasteiger partial charge is 0.221 e. The van der Waals surface area contributed by atoms with Crippen molar-refractivity contribution < 1.29 is 9.53 Å². The highest BCUT2D eigenvalue weighted by Crippen LogP contribution is 2.36. The summed E-state index contributed by atoms with van der Waals surface area (Å²) in [5.74, 6) is 2.64. The fourth-order valence-corrected chi connectivity index (χ4v) is 4.89. The summed E-state index contributed by atoms with van der Waals surface area (Å²) in [6.45, 7) is 5.45. The summed E-state index contributed by atoms with van der Waals surface area (Å²) in [7, 11) is 0. The van der Waals surface area contributed by atoms with Crippen LogP contribution in [-0.2, 0) is 9.53 Å². The summed E-state index contributed by atoms with van der Waals surface area (Å²) in [5.41, 5.74) is 0.229. The minimum atomic E-state index is 0.167. The number of morpholine rings is 1. The largest absolute Gasteiger partial charge is 0.378 e. The van der Waals surface area contributed by atoms with Crippen molar-refractivity contribution in [2.75, 3.05) is 50.9 Å². The normalized spacial score (nSPS) is 29.4. The van der Waals surface area contributed by atoms with E-state index in [0.29, 0.717) is 13.0 Å². The van der Waals surface area contributed by atoms with Gasteiger partial charge in [0.2, 0.25) is 5.91 Å². The van der Waals surface area contributed by atoms with Crippen LogP contribution in [0.1, 0.15) is 32.1 Å². The zero-order chi connectivity index (χ0) is 15.3. The first-order valence-electron chi connectivity index (χ1n) is 8.69. The van der Waals surface area contributed by atoms with Crippen molar-refractivity contribution in [1.29, 1.82) is 0 Å². The lowest BCUT2D eigenvalue weighted by Gasteiger charge is -2.43. The van der Waals surface area contributed by atoms with Gasteiger partial charge in [-0.05, 0) is 12.8 Å². The molecule has 126 valence electrons. The summed E-state index contributed by atoms with van der Waals surface area (Å²) in [4.78, 5) is 14.9. The van der Waals surface area contributed by atoms with Crippen molar-refractivity contribution >= 4 is 17.7 Å². The van der Waals surface area contributed by atoms with Gasteiger partial charge >= 0.3 is 0 Å². The van der Waals surface area contributed by atoms with Crippen LogP contribution in [0, 0.1) is 0 Å². The average Bonchev–Trinajstić information content (AvgIpc) is 3.05. The molecule has 2 aliphatic heterocycles. The second-order valence-electron chi connectivity index (χ2n) is 6.74. The van der Waals surface area contributed by atoms with Gasteiger partial charge < -0.3 is 15.4 Å². The molecule has 2 saturated heterocycles. The third-order valence-electron chi connectivity index (χ3n) is 5.26. The highest BCUT2D eigenvalue weighted by atomic mass is 32.2. The average molecular weight is 327 g/mol. The quantitative estimate of drug-likeness (QED) is 0.784. The second-order valence-corrected chi connectivity index (χ2v) is 7.96. The van der Waals surface area contributed by atoms with Gasteiger partial charge in [-0.1, -0.05) is 12.8 Å².